The van der Waals surface area contributed by atoms with Crippen LogP contribution in [0.25, 0.3) is 0 Å². The van der Waals surface area contributed by atoms with Gasteiger partial charge < -0.3 is 15.0 Å². The molecule has 2 aromatic rings. The standard InChI is InChI=1S/C11H12N2O2S/c1-15-11(14)10-3-2-8(13-10)6-12-9-4-5-16-7-9/h2-5,7,12-13H,6H2,1H3. The van der Waals surface area contributed by atoms with Gasteiger partial charge in [0, 0.05) is 16.8 Å². The van der Waals surface area contributed by atoms with Crippen LogP contribution in [0.5, 0.6) is 0 Å². The third kappa shape index (κ3) is 2.43. The molecule has 0 aliphatic carbocycles. The molecule has 4 nitrogen and oxygen atoms in total. The lowest BCUT2D eigenvalue weighted by Gasteiger charge is -2.01. The van der Waals surface area contributed by atoms with Gasteiger partial charge >= 0.3 is 5.97 Å². The van der Waals surface area contributed by atoms with Crippen LogP contribution in [0.4, 0.5) is 5.69 Å². The summed E-state index contributed by atoms with van der Waals surface area (Å²) in [6.45, 7) is 0.660. The van der Waals surface area contributed by atoms with Crippen LogP contribution in [0, 0.1) is 0 Å². The topological polar surface area (TPSA) is 54.1 Å². The molecule has 5 heteroatoms. The zero-order chi connectivity index (χ0) is 11.4. The lowest BCUT2D eigenvalue weighted by Crippen LogP contribution is -2.03. The number of aromatic nitrogens is 1. The summed E-state index contributed by atoms with van der Waals surface area (Å²) >= 11 is 1.64. The SMILES string of the molecule is COC(=O)c1ccc(CNc2ccsc2)[nH]1. The molecule has 0 saturated heterocycles. The van der Waals surface area contributed by atoms with Gasteiger partial charge in [0.1, 0.15) is 5.69 Å². The summed E-state index contributed by atoms with van der Waals surface area (Å²) in [6, 6.07) is 5.59. The molecule has 0 saturated carbocycles. The van der Waals surface area contributed by atoms with Crippen molar-refractivity contribution in [3.05, 3.63) is 40.3 Å². The van der Waals surface area contributed by atoms with Gasteiger partial charge in [0.15, 0.2) is 0 Å². The minimum Gasteiger partial charge on any atom is -0.464 e. The van der Waals surface area contributed by atoms with Crippen molar-refractivity contribution < 1.29 is 9.53 Å². The Balaban J connectivity index is 1.95. The van der Waals surface area contributed by atoms with Crippen LogP contribution in [0.15, 0.2) is 29.0 Å². The molecule has 2 rings (SSSR count). The van der Waals surface area contributed by atoms with E-state index in [9.17, 15) is 4.79 Å². The van der Waals surface area contributed by atoms with Crippen LogP contribution in [-0.2, 0) is 11.3 Å². The number of rotatable bonds is 4. The van der Waals surface area contributed by atoms with Gasteiger partial charge in [-0.1, -0.05) is 0 Å². The number of hydrogen-bond acceptors (Lipinski definition) is 4. The first kappa shape index (κ1) is 10.8. The molecule has 16 heavy (non-hydrogen) atoms. The number of H-pyrrole nitrogens is 1. The van der Waals surface area contributed by atoms with Crippen molar-refractivity contribution >= 4 is 23.0 Å². The Morgan fingerprint density at radius 1 is 1.50 bits per heavy atom. The van der Waals surface area contributed by atoms with E-state index >= 15 is 0 Å². The molecule has 0 atom stereocenters. The Morgan fingerprint density at radius 3 is 3.06 bits per heavy atom. The van der Waals surface area contributed by atoms with Crippen molar-refractivity contribution in [1.29, 1.82) is 0 Å². The quantitative estimate of drug-likeness (QED) is 0.802. The van der Waals surface area contributed by atoms with Crippen molar-refractivity contribution in [3.8, 4) is 0 Å². The number of aromatic amines is 1. The highest BCUT2D eigenvalue weighted by molar-refractivity contribution is 7.08. The number of nitrogens with one attached hydrogen (secondary N) is 2. The first-order chi connectivity index (χ1) is 7.79. The maximum atomic E-state index is 11.2. The van der Waals surface area contributed by atoms with E-state index in [-0.39, 0.29) is 5.97 Å². The zero-order valence-electron chi connectivity index (χ0n) is 8.82. The van der Waals surface area contributed by atoms with Crippen molar-refractivity contribution in [2.75, 3.05) is 12.4 Å². The predicted octanol–water partition coefficient (Wildman–Crippen LogP) is 2.47. The number of thiophene rings is 1. The predicted molar refractivity (Wildman–Crippen MR) is 63.8 cm³/mol. The minimum atomic E-state index is -0.346. The third-order valence-corrected chi connectivity index (χ3v) is 2.84. The van der Waals surface area contributed by atoms with Crippen LogP contribution in [0.3, 0.4) is 0 Å². The van der Waals surface area contributed by atoms with Crippen molar-refractivity contribution in [3.63, 3.8) is 0 Å². The van der Waals surface area contributed by atoms with E-state index in [2.05, 4.69) is 15.0 Å². The fourth-order valence-corrected chi connectivity index (χ4v) is 1.95. The second kappa shape index (κ2) is 4.85. The fourth-order valence-electron chi connectivity index (χ4n) is 1.33. The molecule has 84 valence electrons. The second-order valence-electron chi connectivity index (χ2n) is 3.25. The largest absolute Gasteiger partial charge is 0.464 e. The third-order valence-electron chi connectivity index (χ3n) is 2.16. The smallest absolute Gasteiger partial charge is 0.354 e. The van der Waals surface area contributed by atoms with Crippen LogP contribution >= 0.6 is 11.3 Å². The average molecular weight is 236 g/mol. The van der Waals surface area contributed by atoms with Gasteiger partial charge in [0.2, 0.25) is 0 Å². The Bertz CT molecular complexity index is 462. The van der Waals surface area contributed by atoms with E-state index in [4.69, 9.17) is 0 Å². The zero-order valence-corrected chi connectivity index (χ0v) is 9.64. The van der Waals surface area contributed by atoms with Crippen LogP contribution in [0.2, 0.25) is 0 Å². The normalized spacial score (nSPS) is 10.1. The Hall–Kier alpha value is -1.75. The molecule has 0 aliphatic heterocycles. The number of methoxy groups -OCH3 is 1. The van der Waals surface area contributed by atoms with E-state index in [0.717, 1.165) is 11.4 Å². The minimum absolute atomic E-state index is 0.346. The van der Waals surface area contributed by atoms with Crippen LogP contribution in [0.1, 0.15) is 16.2 Å². The number of hydrogen-bond donors (Lipinski definition) is 2. The molecule has 0 fully saturated rings. The van der Waals surface area contributed by atoms with Gasteiger partial charge in [0.25, 0.3) is 0 Å². The van der Waals surface area contributed by atoms with Crippen molar-refractivity contribution in [2.24, 2.45) is 0 Å². The summed E-state index contributed by atoms with van der Waals surface area (Å²) in [5.41, 5.74) is 2.51. The van der Waals surface area contributed by atoms with Crippen LogP contribution < -0.4 is 5.32 Å². The number of carbonyl (C=O) groups excluding carboxylic acids is 1. The lowest BCUT2D eigenvalue weighted by atomic mass is 10.4. The van der Waals surface area contributed by atoms with Crippen molar-refractivity contribution in [1.82, 2.24) is 4.98 Å². The summed E-state index contributed by atoms with van der Waals surface area (Å²) in [6.07, 6.45) is 0. The van der Waals surface area contributed by atoms with E-state index in [1.54, 1.807) is 17.4 Å². The van der Waals surface area contributed by atoms with Gasteiger partial charge in [0.05, 0.1) is 13.7 Å². The number of carbonyl (C=O) groups is 1. The van der Waals surface area contributed by atoms with Gasteiger partial charge in [-0.2, -0.15) is 11.3 Å². The Labute approximate surface area is 97.3 Å². The summed E-state index contributed by atoms with van der Waals surface area (Å²) in [5.74, 6) is -0.346. The highest BCUT2D eigenvalue weighted by Crippen LogP contribution is 2.13. The van der Waals surface area contributed by atoms with Gasteiger partial charge in [-0.15, -0.1) is 0 Å². The van der Waals surface area contributed by atoms with Crippen molar-refractivity contribution in [2.45, 2.75) is 6.54 Å². The highest BCUT2D eigenvalue weighted by Gasteiger charge is 2.07. The fraction of sp³-hybridized carbons (Fsp3) is 0.182. The van der Waals surface area contributed by atoms with E-state index in [1.165, 1.54) is 7.11 Å². The summed E-state index contributed by atoms with van der Waals surface area (Å²) < 4.78 is 4.61. The molecule has 2 N–H and O–H groups in total. The van der Waals surface area contributed by atoms with Gasteiger partial charge in [-0.3, -0.25) is 0 Å². The molecule has 2 aromatic heterocycles. The van der Waals surface area contributed by atoms with Crippen LogP contribution in [-0.4, -0.2) is 18.1 Å². The Kier molecular flexibility index (Phi) is 3.26. The van der Waals surface area contributed by atoms with E-state index in [0.29, 0.717) is 12.2 Å². The summed E-state index contributed by atoms with van der Waals surface area (Å²) in [5, 5.41) is 7.28. The van der Waals surface area contributed by atoms with E-state index in [1.807, 2.05) is 22.9 Å². The van der Waals surface area contributed by atoms with Gasteiger partial charge in [-0.25, -0.2) is 4.79 Å². The molecular weight excluding hydrogens is 224 g/mol. The summed E-state index contributed by atoms with van der Waals surface area (Å²) in [7, 11) is 1.37. The number of esters is 1. The monoisotopic (exact) mass is 236 g/mol. The molecule has 0 unspecified atom stereocenters. The molecule has 0 aliphatic rings. The average Bonchev–Trinajstić information content (AvgIpc) is 2.96. The molecule has 2 heterocycles. The maximum absolute atomic E-state index is 11.2. The molecular formula is C11H12N2O2S. The molecule has 0 bridgehead atoms. The first-order valence-electron chi connectivity index (χ1n) is 4.82. The molecule has 0 spiro atoms. The maximum Gasteiger partial charge on any atom is 0.354 e. The second-order valence-corrected chi connectivity index (χ2v) is 4.03. The molecule has 0 amide bonds. The Morgan fingerprint density at radius 2 is 2.38 bits per heavy atom. The first-order valence-corrected chi connectivity index (χ1v) is 5.76. The summed E-state index contributed by atoms with van der Waals surface area (Å²) in [4.78, 5) is 14.2. The molecule has 0 radical (unpaired) electrons. The molecule has 0 aromatic carbocycles. The lowest BCUT2D eigenvalue weighted by molar-refractivity contribution is 0.0594. The highest BCUT2D eigenvalue weighted by atomic mass is 32.1. The number of ether oxygens (including phenoxy) is 1. The van der Waals surface area contributed by atoms with Gasteiger partial charge in [-0.05, 0) is 23.6 Å². The van der Waals surface area contributed by atoms with E-state index < -0.39 is 0 Å². The number of anilines is 1.